The Morgan fingerprint density at radius 3 is 2.89 bits per heavy atom. The van der Waals surface area contributed by atoms with Crippen molar-refractivity contribution in [3.63, 3.8) is 0 Å². The Balaban J connectivity index is 1.80. The molecule has 0 saturated carbocycles. The van der Waals surface area contributed by atoms with Gasteiger partial charge in [0, 0.05) is 33.3 Å². The van der Waals surface area contributed by atoms with Gasteiger partial charge in [0.2, 0.25) is 11.8 Å². The van der Waals surface area contributed by atoms with E-state index in [1.807, 2.05) is 19.4 Å². The number of carbonyl (C=O) groups excluding carboxylic acids is 2. The summed E-state index contributed by atoms with van der Waals surface area (Å²) in [6, 6.07) is -0.232. The molecule has 2 rings (SSSR count). The van der Waals surface area contributed by atoms with Gasteiger partial charge in [-0.25, -0.2) is 0 Å². The lowest BCUT2D eigenvalue weighted by molar-refractivity contribution is -0.148. The summed E-state index contributed by atoms with van der Waals surface area (Å²) in [7, 11) is 3.42. The number of aromatic nitrogens is 2. The average molecular weight is 250 g/mol. The summed E-state index contributed by atoms with van der Waals surface area (Å²) >= 11 is 0. The number of amides is 2. The maximum Gasteiger partial charge on any atom is 0.246 e. The summed E-state index contributed by atoms with van der Waals surface area (Å²) in [6.07, 6.45) is 5.64. The first-order chi connectivity index (χ1) is 8.58. The van der Waals surface area contributed by atoms with Crippen molar-refractivity contribution in [2.75, 3.05) is 13.6 Å². The summed E-state index contributed by atoms with van der Waals surface area (Å²) in [5.74, 6) is -0.220. The highest BCUT2D eigenvalue weighted by Crippen LogP contribution is 2.11. The number of rotatable bonds is 4. The lowest BCUT2D eigenvalue weighted by atomic mass is 10.0. The Morgan fingerprint density at radius 2 is 2.22 bits per heavy atom. The number of nitrogens with one attached hydrogen (secondary N) is 1. The molecule has 1 N–H and O–H groups in total. The second kappa shape index (κ2) is 5.30. The van der Waals surface area contributed by atoms with E-state index < -0.39 is 0 Å². The molecule has 0 spiro atoms. The zero-order valence-corrected chi connectivity index (χ0v) is 10.7. The quantitative estimate of drug-likeness (QED) is 0.745. The van der Waals surface area contributed by atoms with Crippen molar-refractivity contribution in [1.82, 2.24) is 20.0 Å². The predicted molar refractivity (Wildman–Crippen MR) is 65.7 cm³/mol. The Kier molecular flexibility index (Phi) is 3.76. The zero-order chi connectivity index (χ0) is 13.1. The smallest absolute Gasteiger partial charge is 0.246 e. The molecule has 1 aromatic heterocycles. The van der Waals surface area contributed by atoms with E-state index in [2.05, 4.69) is 10.4 Å². The van der Waals surface area contributed by atoms with Gasteiger partial charge in [-0.2, -0.15) is 5.10 Å². The van der Waals surface area contributed by atoms with E-state index in [0.29, 0.717) is 19.4 Å². The van der Waals surface area contributed by atoms with Crippen LogP contribution in [0.15, 0.2) is 12.4 Å². The van der Waals surface area contributed by atoms with Crippen LogP contribution >= 0.6 is 0 Å². The van der Waals surface area contributed by atoms with Crippen molar-refractivity contribution >= 4 is 11.8 Å². The molecule has 0 aliphatic carbocycles. The summed E-state index contributed by atoms with van der Waals surface area (Å²) in [5.41, 5.74) is 1.14. The van der Waals surface area contributed by atoms with Crippen molar-refractivity contribution in [3.8, 4) is 0 Å². The molecular weight excluding hydrogens is 232 g/mol. The molecule has 0 aromatic carbocycles. The van der Waals surface area contributed by atoms with Crippen molar-refractivity contribution in [2.24, 2.45) is 7.05 Å². The van der Waals surface area contributed by atoms with Crippen molar-refractivity contribution < 1.29 is 9.59 Å². The van der Waals surface area contributed by atoms with E-state index >= 15 is 0 Å². The fourth-order valence-corrected chi connectivity index (χ4v) is 2.10. The van der Waals surface area contributed by atoms with Crippen molar-refractivity contribution in [3.05, 3.63) is 18.0 Å². The number of nitrogens with zero attached hydrogens (tertiary/aromatic N) is 3. The second-order valence-corrected chi connectivity index (χ2v) is 4.61. The van der Waals surface area contributed by atoms with Gasteiger partial charge < -0.3 is 5.32 Å². The second-order valence-electron chi connectivity index (χ2n) is 4.61. The first-order valence-electron chi connectivity index (χ1n) is 6.09. The summed E-state index contributed by atoms with van der Waals surface area (Å²) in [6.45, 7) is 0.712. The molecule has 1 aromatic rings. The monoisotopic (exact) mass is 250 g/mol. The third-order valence-corrected chi connectivity index (χ3v) is 3.21. The largest absolute Gasteiger partial charge is 0.306 e. The zero-order valence-electron chi connectivity index (χ0n) is 10.7. The molecule has 2 amide bonds. The average Bonchev–Trinajstić information content (AvgIpc) is 2.75. The van der Waals surface area contributed by atoms with E-state index in [1.54, 1.807) is 11.7 Å². The van der Waals surface area contributed by atoms with Crippen LogP contribution in [0.3, 0.4) is 0 Å². The molecule has 6 heteroatoms. The number of carbonyl (C=O) groups is 2. The minimum atomic E-state index is -0.232. The molecule has 0 bridgehead atoms. The van der Waals surface area contributed by atoms with E-state index in [1.165, 1.54) is 4.90 Å². The maximum atomic E-state index is 11.8. The van der Waals surface area contributed by atoms with Gasteiger partial charge in [-0.05, 0) is 18.4 Å². The van der Waals surface area contributed by atoms with Crippen LogP contribution in [-0.2, 0) is 23.1 Å². The topological polar surface area (TPSA) is 67.2 Å². The number of likely N-dealkylation sites (tertiary alicyclic amines) is 1. The van der Waals surface area contributed by atoms with Crippen molar-refractivity contribution in [1.29, 1.82) is 0 Å². The first-order valence-corrected chi connectivity index (χ1v) is 6.09. The lowest BCUT2D eigenvalue weighted by Gasteiger charge is -2.28. The molecule has 1 aliphatic heterocycles. The van der Waals surface area contributed by atoms with Gasteiger partial charge >= 0.3 is 0 Å². The SMILES string of the molecule is CN1C(=O)CCC(NCCc2cnn(C)c2)C1=O. The molecule has 98 valence electrons. The number of imide groups is 1. The third-order valence-electron chi connectivity index (χ3n) is 3.21. The Morgan fingerprint density at radius 1 is 1.44 bits per heavy atom. The van der Waals surface area contributed by atoms with E-state index in [-0.39, 0.29) is 17.9 Å². The molecule has 6 nitrogen and oxygen atoms in total. The molecular formula is C12H18N4O2. The van der Waals surface area contributed by atoms with Crippen LogP contribution in [0.5, 0.6) is 0 Å². The van der Waals surface area contributed by atoms with E-state index in [0.717, 1.165) is 12.0 Å². The van der Waals surface area contributed by atoms with Gasteiger partial charge in [-0.3, -0.25) is 19.2 Å². The van der Waals surface area contributed by atoms with Crippen LogP contribution in [0.1, 0.15) is 18.4 Å². The predicted octanol–water partition coefficient (Wildman–Crippen LogP) is -0.300. The van der Waals surface area contributed by atoms with Crippen LogP contribution in [0.2, 0.25) is 0 Å². The Hall–Kier alpha value is -1.69. The van der Waals surface area contributed by atoms with Crippen LogP contribution in [0, 0.1) is 0 Å². The van der Waals surface area contributed by atoms with Gasteiger partial charge in [0.05, 0.1) is 12.2 Å². The van der Waals surface area contributed by atoms with E-state index in [4.69, 9.17) is 0 Å². The molecule has 1 fully saturated rings. The summed E-state index contributed by atoms with van der Waals surface area (Å²) in [5, 5.41) is 7.29. The molecule has 0 radical (unpaired) electrons. The summed E-state index contributed by atoms with van der Waals surface area (Å²) < 4.78 is 1.76. The molecule has 18 heavy (non-hydrogen) atoms. The van der Waals surface area contributed by atoms with Gasteiger partial charge in [0.25, 0.3) is 0 Å². The Labute approximate surface area is 106 Å². The number of likely N-dealkylation sites (N-methyl/N-ethyl adjacent to an activating group) is 1. The minimum Gasteiger partial charge on any atom is -0.306 e. The van der Waals surface area contributed by atoms with Gasteiger partial charge in [0.1, 0.15) is 0 Å². The highest BCUT2D eigenvalue weighted by Gasteiger charge is 2.30. The number of piperidine rings is 1. The highest BCUT2D eigenvalue weighted by atomic mass is 16.2. The standard InChI is InChI=1S/C12H18N4O2/c1-15-8-9(7-14-15)5-6-13-10-3-4-11(17)16(2)12(10)18/h7-8,10,13H,3-6H2,1-2H3. The van der Waals surface area contributed by atoms with Crippen LogP contribution in [0.4, 0.5) is 0 Å². The normalized spacial score (nSPS) is 20.6. The molecule has 1 atom stereocenters. The van der Waals surface area contributed by atoms with Gasteiger partial charge in [-0.15, -0.1) is 0 Å². The maximum absolute atomic E-state index is 11.8. The highest BCUT2D eigenvalue weighted by molar-refractivity contribution is 6.00. The third kappa shape index (κ3) is 2.76. The van der Waals surface area contributed by atoms with Crippen LogP contribution in [-0.4, -0.2) is 46.1 Å². The van der Waals surface area contributed by atoms with Crippen molar-refractivity contribution in [2.45, 2.75) is 25.3 Å². The number of hydrogen-bond donors (Lipinski definition) is 1. The van der Waals surface area contributed by atoms with Crippen LogP contribution in [0.25, 0.3) is 0 Å². The minimum absolute atomic E-state index is 0.0923. The molecule has 1 saturated heterocycles. The number of aryl methyl sites for hydroxylation is 1. The van der Waals surface area contributed by atoms with E-state index in [9.17, 15) is 9.59 Å². The molecule has 1 aliphatic rings. The fraction of sp³-hybridized carbons (Fsp3) is 0.583. The summed E-state index contributed by atoms with van der Waals surface area (Å²) in [4.78, 5) is 24.3. The molecule has 2 heterocycles. The van der Waals surface area contributed by atoms with Gasteiger partial charge in [-0.1, -0.05) is 0 Å². The lowest BCUT2D eigenvalue weighted by Crippen LogP contribution is -2.51. The molecule has 1 unspecified atom stereocenters. The van der Waals surface area contributed by atoms with Gasteiger partial charge in [0.15, 0.2) is 0 Å². The fourth-order valence-electron chi connectivity index (χ4n) is 2.10. The van der Waals surface area contributed by atoms with Crippen LogP contribution < -0.4 is 5.32 Å². The number of hydrogen-bond acceptors (Lipinski definition) is 4. The Bertz CT molecular complexity index is 455. The first kappa shape index (κ1) is 12.8.